The molecule has 2 aromatic rings. The number of hydrogen-bond acceptors (Lipinski definition) is 7. The molecule has 0 atom stereocenters. The third-order valence-corrected chi connectivity index (χ3v) is 3.98. The molecule has 1 heterocycles. The molecule has 0 bridgehead atoms. The van der Waals surface area contributed by atoms with Gasteiger partial charge in [0, 0.05) is 29.3 Å². The van der Waals surface area contributed by atoms with Crippen LogP contribution in [0.15, 0.2) is 65.3 Å². The molecular formula is C19H13N3O6. The monoisotopic (exact) mass is 379 g/mol. The van der Waals surface area contributed by atoms with Crippen LogP contribution in [-0.2, 0) is 9.53 Å². The maximum atomic E-state index is 12.0. The van der Waals surface area contributed by atoms with Crippen LogP contribution in [-0.4, -0.2) is 21.7 Å². The molecule has 0 spiro atoms. The van der Waals surface area contributed by atoms with Gasteiger partial charge in [-0.2, -0.15) is 0 Å². The predicted octanol–water partition coefficient (Wildman–Crippen LogP) is 3.71. The lowest BCUT2D eigenvalue weighted by atomic mass is 10.1. The SMILES string of the molecule is Cc1c(C2=N/C(=C\C=C\c3cccc([N+](=O)[O-])c3)C(=O)O2)cccc1[N+](=O)[O-]. The molecule has 0 saturated carbocycles. The Hall–Kier alpha value is -4.14. The lowest BCUT2D eigenvalue weighted by Crippen LogP contribution is -2.08. The van der Waals surface area contributed by atoms with Gasteiger partial charge in [0.15, 0.2) is 5.70 Å². The van der Waals surface area contributed by atoms with E-state index in [9.17, 15) is 25.0 Å². The summed E-state index contributed by atoms with van der Waals surface area (Å²) < 4.78 is 5.13. The summed E-state index contributed by atoms with van der Waals surface area (Å²) in [5, 5.41) is 21.8. The van der Waals surface area contributed by atoms with Crippen LogP contribution in [0.3, 0.4) is 0 Å². The number of allylic oxidation sites excluding steroid dienone is 2. The van der Waals surface area contributed by atoms with E-state index in [-0.39, 0.29) is 23.0 Å². The number of ether oxygens (including phenoxy) is 1. The van der Waals surface area contributed by atoms with Crippen molar-refractivity contribution in [2.45, 2.75) is 6.92 Å². The van der Waals surface area contributed by atoms with E-state index in [1.165, 1.54) is 36.4 Å². The molecule has 1 aliphatic rings. The highest BCUT2D eigenvalue weighted by molar-refractivity contribution is 6.12. The second-order valence-electron chi connectivity index (χ2n) is 5.78. The molecule has 0 aromatic heterocycles. The number of nitro groups is 2. The molecule has 2 aromatic carbocycles. The molecule has 140 valence electrons. The molecule has 0 amide bonds. The van der Waals surface area contributed by atoms with Gasteiger partial charge in [0.1, 0.15) is 0 Å². The molecule has 0 radical (unpaired) electrons. The summed E-state index contributed by atoms with van der Waals surface area (Å²) in [5.74, 6) is -0.703. The highest BCUT2D eigenvalue weighted by Crippen LogP contribution is 2.25. The van der Waals surface area contributed by atoms with E-state index in [0.717, 1.165) is 0 Å². The average molecular weight is 379 g/mol. The quantitative estimate of drug-likeness (QED) is 0.337. The number of hydrogen-bond donors (Lipinski definition) is 0. The van der Waals surface area contributed by atoms with Crippen molar-refractivity contribution in [3.8, 4) is 0 Å². The molecule has 1 aliphatic heterocycles. The third kappa shape index (κ3) is 3.83. The Bertz CT molecular complexity index is 1080. The number of nitro benzene ring substituents is 2. The first-order valence-electron chi connectivity index (χ1n) is 8.05. The maximum absolute atomic E-state index is 12.0. The zero-order chi connectivity index (χ0) is 20.3. The number of benzene rings is 2. The zero-order valence-electron chi connectivity index (χ0n) is 14.6. The fraction of sp³-hybridized carbons (Fsp3) is 0.0526. The van der Waals surface area contributed by atoms with Gasteiger partial charge in [-0.05, 0) is 24.6 Å². The zero-order valence-corrected chi connectivity index (χ0v) is 14.6. The molecule has 0 aliphatic carbocycles. The van der Waals surface area contributed by atoms with Crippen LogP contribution in [0.2, 0.25) is 0 Å². The highest BCUT2D eigenvalue weighted by Gasteiger charge is 2.26. The van der Waals surface area contributed by atoms with E-state index in [1.54, 1.807) is 31.2 Å². The van der Waals surface area contributed by atoms with Crippen LogP contribution in [0, 0.1) is 27.2 Å². The van der Waals surface area contributed by atoms with Crippen molar-refractivity contribution in [2.24, 2.45) is 4.99 Å². The molecule has 3 rings (SSSR count). The molecule has 0 fully saturated rings. The summed E-state index contributed by atoms with van der Waals surface area (Å²) in [7, 11) is 0. The van der Waals surface area contributed by atoms with E-state index in [0.29, 0.717) is 16.7 Å². The van der Waals surface area contributed by atoms with E-state index in [2.05, 4.69) is 4.99 Å². The molecule has 9 nitrogen and oxygen atoms in total. The Morgan fingerprint density at radius 2 is 1.82 bits per heavy atom. The van der Waals surface area contributed by atoms with Crippen molar-refractivity contribution in [3.63, 3.8) is 0 Å². The Labute approximate surface area is 158 Å². The number of aliphatic imine (C=N–C) groups is 1. The first-order valence-corrected chi connectivity index (χ1v) is 8.05. The summed E-state index contributed by atoms with van der Waals surface area (Å²) in [5.41, 5.74) is 1.15. The number of carbonyl (C=O) groups is 1. The van der Waals surface area contributed by atoms with E-state index < -0.39 is 15.8 Å². The van der Waals surface area contributed by atoms with Gasteiger partial charge in [0.25, 0.3) is 11.4 Å². The summed E-state index contributed by atoms with van der Waals surface area (Å²) in [6.07, 6.45) is 4.50. The average Bonchev–Trinajstić information content (AvgIpc) is 3.02. The fourth-order valence-corrected chi connectivity index (χ4v) is 2.58. The molecule has 0 saturated heterocycles. The molecule has 9 heteroatoms. The van der Waals surface area contributed by atoms with Gasteiger partial charge >= 0.3 is 5.97 Å². The number of esters is 1. The molecule has 28 heavy (non-hydrogen) atoms. The van der Waals surface area contributed by atoms with Crippen LogP contribution >= 0.6 is 0 Å². The fourth-order valence-electron chi connectivity index (χ4n) is 2.58. The second-order valence-corrected chi connectivity index (χ2v) is 5.78. The minimum atomic E-state index is -0.690. The largest absolute Gasteiger partial charge is 0.402 e. The molecule has 0 unspecified atom stereocenters. The number of non-ortho nitro benzene ring substituents is 1. The van der Waals surface area contributed by atoms with Gasteiger partial charge in [0.05, 0.1) is 9.85 Å². The lowest BCUT2D eigenvalue weighted by molar-refractivity contribution is -0.385. The molecular weight excluding hydrogens is 366 g/mol. The topological polar surface area (TPSA) is 125 Å². The first kappa shape index (κ1) is 18.6. The van der Waals surface area contributed by atoms with E-state index in [4.69, 9.17) is 4.74 Å². The van der Waals surface area contributed by atoms with Gasteiger partial charge in [-0.3, -0.25) is 20.2 Å². The Morgan fingerprint density at radius 3 is 2.54 bits per heavy atom. The minimum absolute atomic E-state index is 0.0128. The summed E-state index contributed by atoms with van der Waals surface area (Å²) in [6.45, 7) is 1.55. The van der Waals surface area contributed by atoms with Gasteiger partial charge in [-0.1, -0.05) is 30.4 Å². The van der Waals surface area contributed by atoms with Crippen molar-refractivity contribution in [2.75, 3.05) is 0 Å². The summed E-state index contributed by atoms with van der Waals surface area (Å²) >= 11 is 0. The maximum Gasteiger partial charge on any atom is 0.363 e. The molecule has 0 N–H and O–H groups in total. The smallest absolute Gasteiger partial charge is 0.363 e. The lowest BCUT2D eigenvalue weighted by Gasteiger charge is -2.04. The van der Waals surface area contributed by atoms with Gasteiger partial charge in [-0.25, -0.2) is 9.79 Å². The van der Waals surface area contributed by atoms with Gasteiger partial charge in [-0.15, -0.1) is 0 Å². The van der Waals surface area contributed by atoms with Crippen LogP contribution in [0.25, 0.3) is 6.08 Å². The second kappa shape index (κ2) is 7.62. The van der Waals surface area contributed by atoms with Crippen molar-refractivity contribution < 1.29 is 19.4 Å². The number of nitrogens with zero attached hydrogens (tertiary/aromatic N) is 3. The number of cyclic esters (lactones) is 1. The van der Waals surface area contributed by atoms with E-state index >= 15 is 0 Å². The number of rotatable bonds is 5. The van der Waals surface area contributed by atoms with Gasteiger partial charge < -0.3 is 4.74 Å². The third-order valence-electron chi connectivity index (χ3n) is 3.98. The minimum Gasteiger partial charge on any atom is -0.402 e. The Morgan fingerprint density at radius 1 is 1.07 bits per heavy atom. The van der Waals surface area contributed by atoms with Crippen molar-refractivity contribution >= 4 is 29.3 Å². The Balaban J connectivity index is 1.86. The van der Waals surface area contributed by atoms with Crippen molar-refractivity contribution in [3.05, 3.63) is 97.2 Å². The van der Waals surface area contributed by atoms with Crippen LogP contribution in [0.1, 0.15) is 16.7 Å². The van der Waals surface area contributed by atoms with Crippen LogP contribution in [0.4, 0.5) is 11.4 Å². The standard InChI is InChI=1S/C19H13N3O6/c1-12-15(8-4-10-17(12)22(26)27)18-20-16(19(23)28-18)9-3-6-13-5-2-7-14(11-13)21(24)25/h2-11H,1H3/b6-3+,16-9-. The number of carbonyl (C=O) groups excluding carboxylic acids is 1. The van der Waals surface area contributed by atoms with Crippen molar-refractivity contribution in [1.29, 1.82) is 0 Å². The van der Waals surface area contributed by atoms with E-state index in [1.807, 2.05) is 0 Å². The Kier molecular flexibility index (Phi) is 5.07. The van der Waals surface area contributed by atoms with Crippen LogP contribution < -0.4 is 0 Å². The highest BCUT2D eigenvalue weighted by atomic mass is 16.6. The summed E-state index contributed by atoms with van der Waals surface area (Å²) in [4.78, 5) is 36.9. The first-order chi connectivity index (χ1) is 13.4. The van der Waals surface area contributed by atoms with Crippen LogP contribution in [0.5, 0.6) is 0 Å². The predicted molar refractivity (Wildman–Crippen MR) is 101 cm³/mol. The van der Waals surface area contributed by atoms with Gasteiger partial charge in [0.2, 0.25) is 5.90 Å². The summed E-state index contributed by atoms with van der Waals surface area (Å²) in [6, 6.07) is 10.4. The van der Waals surface area contributed by atoms with Crippen molar-refractivity contribution in [1.82, 2.24) is 0 Å². The normalized spacial score (nSPS) is 15.0.